The predicted octanol–water partition coefficient (Wildman–Crippen LogP) is 3.69. The van der Waals surface area contributed by atoms with E-state index in [1.165, 1.54) is 7.11 Å². The molecule has 23 heavy (non-hydrogen) atoms. The van der Waals surface area contributed by atoms with Gasteiger partial charge in [-0.2, -0.15) is 0 Å². The molecule has 1 aliphatic heterocycles. The largest absolute Gasteiger partial charge is 0.491 e. The molecule has 0 N–H and O–H groups in total. The van der Waals surface area contributed by atoms with Gasteiger partial charge in [0.05, 0.1) is 18.7 Å². The van der Waals surface area contributed by atoms with Crippen LogP contribution in [0.5, 0.6) is 5.75 Å². The Hall–Kier alpha value is -2.04. The molecule has 1 aliphatic rings. The van der Waals surface area contributed by atoms with E-state index in [0.717, 1.165) is 28.4 Å². The summed E-state index contributed by atoms with van der Waals surface area (Å²) in [5.74, 6) is 0.375. The number of carbonyl (C=O) groups excluding carboxylic acids is 1. The van der Waals surface area contributed by atoms with Crippen molar-refractivity contribution in [3.63, 3.8) is 0 Å². The summed E-state index contributed by atoms with van der Waals surface area (Å²) in [5.41, 5.74) is 2.70. The Morgan fingerprint density at radius 1 is 1.26 bits per heavy atom. The SMILES string of the molecule is COC(=O)c1ccc2c(c1)OC[C@H](c1ccc(Cl)cc1)N(C)C2. The van der Waals surface area contributed by atoms with Crippen LogP contribution < -0.4 is 4.74 Å². The maximum Gasteiger partial charge on any atom is 0.337 e. The Kier molecular flexibility index (Phi) is 4.55. The Labute approximate surface area is 140 Å². The van der Waals surface area contributed by atoms with Crippen LogP contribution in [0.15, 0.2) is 42.5 Å². The van der Waals surface area contributed by atoms with Gasteiger partial charge in [0.2, 0.25) is 0 Å². The zero-order valence-electron chi connectivity index (χ0n) is 13.1. The fourth-order valence-electron chi connectivity index (χ4n) is 2.77. The quantitative estimate of drug-likeness (QED) is 0.787. The number of hydrogen-bond acceptors (Lipinski definition) is 4. The number of likely N-dealkylation sites (N-methyl/N-ethyl adjacent to an activating group) is 1. The minimum atomic E-state index is -0.358. The van der Waals surface area contributed by atoms with Crippen LogP contribution in [0, 0.1) is 0 Å². The van der Waals surface area contributed by atoms with Crippen molar-refractivity contribution in [2.45, 2.75) is 12.6 Å². The summed E-state index contributed by atoms with van der Waals surface area (Å²) < 4.78 is 10.7. The van der Waals surface area contributed by atoms with Crippen molar-refractivity contribution >= 4 is 17.6 Å². The van der Waals surface area contributed by atoms with Crippen LogP contribution in [-0.4, -0.2) is 31.6 Å². The van der Waals surface area contributed by atoms with Crippen molar-refractivity contribution in [2.75, 3.05) is 20.8 Å². The Bertz CT molecular complexity index is 715. The van der Waals surface area contributed by atoms with Gasteiger partial charge in [-0.15, -0.1) is 0 Å². The second kappa shape index (κ2) is 6.60. The number of hydrogen-bond donors (Lipinski definition) is 0. The van der Waals surface area contributed by atoms with Gasteiger partial charge >= 0.3 is 5.97 Å². The number of rotatable bonds is 2. The van der Waals surface area contributed by atoms with E-state index in [4.69, 9.17) is 21.1 Å². The fourth-order valence-corrected chi connectivity index (χ4v) is 2.90. The van der Waals surface area contributed by atoms with Crippen molar-refractivity contribution in [3.8, 4) is 5.75 Å². The number of halogens is 1. The molecule has 0 saturated carbocycles. The standard InChI is InChI=1S/C18H18ClNO3/c1-20-10-14-4-3-13(18(21)22-2)9-17(14)23-11-16(20)12-5-7-15(19)8-6-12/h3-9,16H,10-11H2,1-2H3/t16-/m1/s1. The highest BCUT2D eigenvalue weighted by Gasteiger charge is 2.24. The number of nitrogens with zero attached hydrogens (tertiary/aromatic N) is 1. The maximum absolute atomic E-state index is 11.7. The average Bonchev–Trinajstić information content (AvgIpc) is 2.72. The molecule has 0 fully saturated rings. The van der Waals surface area contributed by atoms with E-state index in [2.05, 4.69) is 11.9 Å². The molecule has 4 nitrogen and oxygen atoms in total. The van der Waals surface area contributed by atoms with E-state index < -0.39 is 0 Å². The van der Waals surface area contributed by atoms with Crippen LogP contribution in [0.3, 0.4) is 0 Å². The first-order valence-electron chi connectivity index (χ1n) is 7.38. The Balaban J connectivity index is 1.86. The summed E-state index contributed by atoms with van der Waals surface area (Å²) in [7, 11) is 3.44. The lowest BCUT2D eigenvalue weighted by molar-refractivity contribution is 0.0600. The summed E-state index contributed by atoms with van der Waals surface area (Å²) in [6.07, 6.45) is 0. The number of esters is 1. The van der Waals surface area contributed by atoms with Gasteiger partial charge in [0, 0.05) is 17.1 Å². The molecule has 0 spiro atoms. The molecule has 5 heteroatoms. The lowest BCUT2D eigenvalue weighted by atomic mass is 10.1. The molecule has 3 rings (SSSR count). The molecule has 0 amide bonds. The normalized spacial score (nSPS) is 17.8. The van der Waals surface area contributed by atoms with Crippen LogP contribution in [0.4, 0.5) is 0 Å². The summed E-state index contributed by atoms with van der Waals surface area (Å²) in [6, 6.07) is 13.4. The number of ether oxygens (including phenoxy) is 2. The number of carbonyl (C=O) groups is 1. The smallest absolute Gasteiger partial charge is 0.337 e. The van der Waals surface area contributed by atoms with Crippen molar-refractivity contribution in [2.24, 2.45) is 0 Å². The molecule has 2 aromatic carbocycles. The van der Waals surface area contributed by atoms with Crippen molar-refractivity contribution in [1.82, 2.24) is 4.90 Å². The van der Waals surface area contributed by atoms with Crippen LogP contribution in [-0.2, 0) is 11.3 Å². The Morgan fingerprint density at radius 3 is 2.70 bits per heavy atom. The summed E-state index contributed by atoms with van der Waals surface area (Å²) in [4.78, 5) is 13.9. The van der Waals surface area contributed by atoms with Gasteiger partial charge in [0.25, 0.3) is 0 Å². The molecule has 0 saturated heterocycles. The van der Waals surface area contributed by atoms with Crippen LogP contribution in [0.2, 0.25) is 5.02 Å². The second-order valence-electron chi connectivity index (χ2n) is 5.61. The Morgan fingerprint density at radius 2 is 2.00 bits per heavy atom. The third kappa shape index (κ3) is 3.33. The van der Waals surface area contributed by atoms with E-state index in [-0.39, 0.29) is 12.0 Å². The summed E-state index contributed by atoms with van der Waals surface area (Å²) in [5, 5.41) is 0.719. The topological polar surface area (TPSA) is 38.8 Å². The first kappa shape index (κ1) is 15.8. The second-order valence-corrected chi connectivity index (χ2v) is 6.04. The van der Waals surface area contributed by atoms with E-state index in [1.807, 2.05) is 30.3 Å². The van der Waals surface area contributed by atoms with Gasteiger partial charge in [0.1, 0.15) is 12.4 Å². The molecular weight excluding hydrogens is 314 g/mol. The van der Waals surface area contributed by atoms with E-state index >= 15 is 0 Å². The highest BCUT2D eigenvalue weighted by Crippen LogP contribution is 2.31. The average molecular weight is 332 g/mol. The third-order valence-electron chi connectivity index (χ3n) is 4.09. The van der Waals surface area contributed by atoms with Gasteiger partial charge in [-0.05, 0) is 36.9 Å². The highest BCUT2D eigenvalue weighted by molar-refractivity contribution is 6.30. The number of fused-ring (bicyclic) bond motifs is 1. The molecule has 0 bridgehead atoms. The zero-order valence-corrected chi connectivity index (χ0v) is 13.8. The van der Waals surface area contributed by atoms with E-state index in [0.29, 0.717) is 12.2 Å². The third-order valence-corrected chi connectivity index (χ3v) is 4.34. The fraction of sp³-hybridized carbons (Fsp3) is 0.278. The van der Waals surface area contributed by atoms with Crippen LogP contribution >= 0.6 is 11.6 Å². The molecule has 0 aliphatic carbocycles. The molecule has 0 radical (unpaired) electrons. The molecule has 1 heterocycles. The number of methoxy groups -OCH3 is 1. The van der Waals surface area contributed by atoms with Gasteiger partial charge in [-0.25, -0.2) is 4.79 Å². The molecule has 0 unspecified atom stereocenters. The maximum atomic E-state index is 11.7. The monoisotopic (exact) mass is 331 g/mol. The first-order valence-corrected chi connectivity index (χ1v) is 7.76. The molecule has 120 valence electrons. The highest BCUT2D eigenvalue weighted by atomic mass is 35.5. The minimum absolute atomic E-state index is 0.126. The van der Waals surface area contributed by atoms with Crippen LogP contribution in [0.1, 0.15) is 27.5 Å². The summed E-state index contributed by atoms with van der Waals surface area (Å²) >= 11 is 5.96. The zero-order chi connectivity index (χ0) is 16.4. The van der Waals surface area contributed by atoms with E-state index in [9.17, 15) is 4.79 Å². The van der Waals surface area contributed by atoms with Gasteiger partial charge < -0.3 is 9.47 Å². The lowest BCUT2D eigenvalue weighted by Crippen LogP contribution is -2.26. The van der Waals surface area contributed by atoms with Gasteiger partial charge in [-0.3, -0.25) is 4.90 Å². The van der Waals surface area contributed by atoms with Gasteiger partial charge in [-0.1, -0.05) is 29.8 Å². The van der Waals surface area contributed by atoms with Gasteiger partial charge in [0.15, 0.2) is 0 Å². The molecule has 0 aromatic heterocycles. The lowest BCUT2D eigenvalue weighted by Gasteiger charge is -2.25. The summed E-state index contributed by atoms with van der Waals surface area (Å²) in [6.45, 7) is 1.25. The van der Waals surface area contributed by atoms with Crippen molar-refractivity contribution in [1.29, 1.82) is 0 Å². The molecule has 1 atom stereocenters. The molecule has 2 aromatic rings. The van der Waals surface area contributed by atoms with Crippen LogP contribution in [0.25, 0.3) is 0 Å². The number of benzene rings is 2. The van der Waals surface area contributed by atoms with E-state index in [1.54, 1.807) is 12.1 Å². The van der Waals surface area contributed by atoms with Crippen molar-refractivity contribution < 1.29 is 14.3 Å². The molecular formula is C18H18ClNO3. The van der Waals surface area contributed by atoms with Crippen molar-refractivity contribution in [3.05, 3.63) is 64.2 Å². The first-order chi connectivity index (χ1) is 11.1. The predicted molar refractivity (Wildman–Crippen MR) is 88.9 cm³/mol. The minimum Gasteiger partial charge on any atom is -0.491 e.